The van der Waals surface area contributed by atoms with E-state index < -0.39 is 17.6 Å². The molecule has 0 fully saturated rings. The van der Waals surface area contributed by atoms with Crippen LogP contribution >= 0.6 is 15.9 Å². The van der Waals surface area contributed by atoms with Gasteiger partial charge in [-0.15, -0.1) is 0 Å². The molecule has 0 saturated heterocycles. The second kappa shape index (κ2) is 8.79. The Balaban J connectivity index is 1.87. The van der Waals surface area contributed by atoms with Gasteiger partial charge in [0.15, 0.2) is 0 Å². The molecule has 27 heavy (non-hydrogen) atoms. The van der Waals surface area contributed by atoms with Crippen molar-refractivity contribution in [2.45, 2.75) is 19.1 Å². The maximum atomic E-state index is 12.1. The SMILES string of the molecule is O=C(O)c1ccc(C(Cc2cccc(Br)c2)OCc2ccccc2)[nH]c1=O. The van der Waals surface area contributed by atoms with E-state index in [1.165, 1.54) is 6.07 Å². The summed E-state index contributed by atoms with van der Waals surface area (Å²) < 4.78 is 7.04. The van der Waals surface area contributed by atoms with Gasteiger partial charge in [0.05, 0.1) is 6.61 Å². The number of carboxylic acids is 1. The topological polar surface area (TPSA) is 79.4 Å². The number of hydrogen-bond acceptors (Lipinski definition) is 3. The highest BCUT2D eigenvalue weighted by Gasteiger charge is 2.17. The van der Waals surface area contributed by atoms with E-state index in [-0.39, 0.29) is 5.56 Å². The zero-order valence-electron chi connectivity index (χ0n) is 14.4. The van der Waals surface area contributed by atoms with Gasteiger partial charge in [-0.25, -0.2) is 4.79 Å². The van der Waals surface area contributed by atoms with Gasteiger partial charge in [0.1, 0.15) is 11.7 Å². The van der Waals surface area contributed by atoms with Gasteiger partial charge < -0.3 is 14.8 Å². The largest absolute Gasteiger partial charge is 0.477 e. The Bertz CT molecular complexity index is 985. The molecule has 2 aromatic carbocycles. The molecule has 1 unspecified atom stereocenters. The van der Waals surface area contributed by atoms with Crippen molar-refractivity contribution in [2.24, 2.45) is 0 Å². The van der Waals surface area contributed by atoms with Crippen LogP contribution in [0.15, 0.2) is 76.0 Å². The number of pyridine rings is 1. The predicted octanol–water partition coefficient (Wildman–Crippen LogP) is 4.34. The summed E-state index contributed by atoms with van der Waals surface area (Å²) in [6, 6.07) is 20.5. The third kappa shape index (κ3) is 5.15. The molecule has 0 saturated carbocycles. The maximum absolute atomic E-state index is 12.1. The molecule has 0 bridgehead atoms. The van der Waals surface area contributed by atoms with E-state index in [0.717, 1.165) is 15.6 Å². The molecule has 0 aliphatic rings. The molecular weight excluding hydrogens is 410 g/mol. The Kier molecular flexibility index (Phi) is 6.21. The molecule has 138 valence electrons. The van der Waals surface area contributed by atoms with Crippen molar-refractivity contribution in [3.8, 4) is 0 Å². The molecule has 1 aromatic heterocycles. The first-order valence-electron chi connectivity index (χ1n) is 8.39. The Hall–Kier alpha value is -2.70. The minimum absolute atomic E-state index is 0.289. The third-order valence-corrected chi connectivity index (χ3v) is 4.61. The normalized spacial score (nSPS) is 11.9. The number of rotatable bonds is 7. The zero-order valence-corrected chi connectivity index (χ0v) is 16.0. The molecule has 0 aliphatic heterocycles. The Morgan fingerprint density at radius 3 is 2.44 bits per heavy atom. The van der Waals surface area contributed by atoms with Crippen LogP contribution in [0.2, 0.25) is 0 Å². The smallest absolute Gasteiger partial charge is 0.341 e. The van der Waals surface area contributed by atoms with Crippen molar-refractivity contribution >= 4 is 21.9 Å². The van der Waals surface area contributed by atoms with Gasteiger partial charge in [0.2, 0.25) is 0 Å². The fourth-order valence-corrected chi connectivity index (χ4v) is 3.20. The summed E-state index contributed by atoms with van der Waals surface area (Å²) in [5.74, 6) is -1.25. The van der Waals surface area contributed by atoms with Crippen LogP contribution in [0, 0.1) is 0 Å². The van der Waals surface area contributed by atoms with Gasteiger partial charge >= 0.3 is 5.97 Å². The van der Waals surface area contributed by atoms with Gasteiger partial charge in [-0.05, 0) is 35.4 Å². The lowest BCUT2D eigenvalue weighted by Crippen LogP contribution is -2.21. The highest BCUT2D eigenvalue weighted by molar-refractivity contribution is 9.10. The molecule has 0 radical (unpaired) electrons. The minimum atomic E-state index is -1.25. The van der Waals surface area contributed by atoms with Crippen LogP contribution in [-0.2, 0) is 17.8 Å². The first-order chi connectivity index (χ1) is 13.0. The second-order valence-corrected chi connectivity index (χ2v) is 7.00. The van der Waals surface area contributed by atoms with Gasteiger partial charge in [0, 0.05) is 16.6 Å². The standard InChI is InChI=1S/C21H18BrNO4/c22-16-8-4-7-15(11-16)12-19(27-13-14-5-2-1-3-6-14)18-10-9-17(21(25)26)20(24)23-18/h1-11,19H,12-13H2,(H,23,24)(H,25,26). The third-order valence-electron chi connectivity index (χ3n) is 4.11. The van der Waals surface area contributed by atoms with E-state index in [1.54, 1.807) is 6.07 Å². The molecule has 3 aromatic rings. The number of halogens is 1. The number of H-pyrrole nitrogens is 1. The molecule has 0 spiro atoms. The minimum Gasteiger partial charge on any atom is -0.477 e. The number of carboxylic acid groups (broad SMARTS) is 1. The zero-order chi connectivity index (χ0) is 19.2. The number of carbonyl (C=O) groups is 1. The molecule has 6 heteroatoms. The van der Waals surface area contributed by atoms with Crippen molar-refractivity contribution < 1.29 is 14.6 Å². The summed E-state index contributed by atoms with van der Waals surface area (Å²) in [4.78, 5) is 25.8. The van der Waals surface area contributed by atoms with Crippen LogP contribution in [0.4, 0.5) is 0 Å². The van der Waals surface area contributed by atoms with E-state index in [9.17, 15) is 9.59 Å². The number of ether oxygens (including phenoxy) is 1. The van der Waals surface area contributed by atoms with E-state index in [2.05, 4.69) is 20.9 Å². The number of aromatic amines is 1. The van der Waals surface area contributed by atoms with Gasteiger partial charge in [-0.2, -0.15) is 0 Å². The molecule has 0 amide bonds. The summed E-state index contributed by atoms with van der Waals surface area (Å²) in [6.45, 7) is 0.377. The van der Waals surface area contributed by atoms with Crippen molar-refractivity contribution in [1.29, 1.82) is 0 Å². The van der Waals surface area contributed by atoms with Crippen LogP contribution in [0.1, 0.15) is 33.3 Å². The summed E-state index contributed by atoms with van der Waals surface area (Å²) in [6.07, 6.45) is 0.115. The van der Waals surface area contributed by atoms with Crippen LogP contribution in [0.25, 0.3) is 0 Å². The molecule has 5 nitrogen and oxygen atoms in total. The van der Waals surface area contributed by atoms with Crippen molar-refractivity contribution in [3.05, 3.63) is 104 Å². The number of benzene rings is 2. The molecule has 3 rings (SSSR count). The fourth-order valence-electron chi connectivity index (χ4n) is 2.75. The molecule has 1 heterocycles. The molecule has 0 aliphatic carbocycles. The fraction of sp³-hybridized carbons (Fsp3) is 0.143. The lowest BCUT2D eigenvalue weighted by atomic mass is 10.0. The molecular formula is C21H18BrNO4. The summed E-state index contributed by atoms with van der Waals surface area (Å²) in [7, 11) is 0. The number of aromatic carboxylic acids is 1. The van der Waals surface area contributed by atoms with Crippen molar-refractivity contribution in [2.75, 3.05) is 0 Å². The highest BCUT2D eigenvalue weighted by atomic mass is 79.9. The lowest BCUT2D eigenvalue weighted by Gasteiger charge is -2.19. The highest BCUT2D eigenvalue weighted by Crippen LogP contribution is 2.23. The lowest BCUT2D eigenvalue weighted by molar-refractivity contribution is 0.0369. The Morgan fingerprint density at radius 2 is 1.78 bits per heavy atom. The van der Waals surface area contributed by atoms with Gasteiger partial charge in [-0.1, -0.05) is 58.4 Å². The number of nitrogens with one attached hydrogen (secondary N) is 1. The van der Waals surface area contributed by atoms with E-state index in [0.29, 0.717) is 18.7 Å². The number of aromatic nitrogens is 1. The van der Waals surface area contributed by atoms with Crippen LogP contribution in [-0.4, -0.2) is 16.1 Å². The average molecular weight is 428 g/mol. The Labute approximate surface area is 164 Å². The van der Waals surface area contributed by atoms with Crippen LogP contribution in [0.3, 0.4) is 0 Å². The van der Waals surface area contributed by atoms with Crippen molar-refractivity contribution in [3.63, 3.8) is 0 Å². The average Bonchev–Trinajstić information content (AvgIpc) is 2.65. The summed E-state index contributed by atoms with van der Waals surface area (Å²) >= 11 is 3.46. The summed E-state index contributed by atoms with van der Waals surface area (Å²) in [5, 5.41) is 9.06. The van der Waals surface area contributed by atoms with Crippen LogP contribution < -0.4 is 5.56 Å². The number of hydrogen-bond donors (Lipinski definition) is 2. The van der Waals surface area contributed by atoms with Crippen molar-refractivity contribution in [1.82, 2.24) is 4.98 Å². The van der Waals surface area contributed by atoms with Gasteiger partial charge in [-0.3, -0.25) is 4.79 Å². The van der Waals surface area contributed by atoms with E-state index >= 15 is 0 Å². The Morgan fingerprint density at radius 1 is 1.04 bits per heavy atom. The van der Waals surface area contributed by atoms with Crippen LogP contribution in [0.5, 0.6) is 0 Å². The second-order valence-electron chi connectivity index (χ2n) is 6.08. The molecule has 1 atom stereocenters. The van der Waals surface area contributed by atoms with E-state index in [4.69, 9.17) is 9.84 Å². The maximum Gasteiger partial charge on any atom is 0.341 e. The quantitative estimate of drug-likeness (QED) is 0.587. The summed E-state index contributed by atoms with van der Waals surface area (Å²) in [5.41, 5.74) is 1.67. The first kappa shape index (κ1) is 19.1. The molecule has 2 N–H and O–H groups in total. The van der Waals surface area contributed by atoms with Gasteiger partial charge in [0.25, 0.3) is 5.56 Å². The monoisotopic (exact) mass is 427 g/mol. The first-order valence-corrected chi connectivity index (χ1v) is 9.18. The predicted molar refractivity (Wildman–Crippen MR) is 106 cm³/mol. The van der Waals surface area contributed by atoms with E-state index in [1.807, 2.05) is 54.6 Å².